The molecule has 1 aromatic carbocycles. The molecule has 0 aromatic heterocycles. The van der Waals surface area contributed by atoms with Crippen molar-refractivity contribution in [3.63, 3.8) is 0 Å². The third kappa shape index (κ3) is 5.35. The lowest BCUT2D eigenvalue weighted by molar-refractivity contribution is -0.119. The maximum atomic E-state index is 11.9. The van der Waals surface area contributed by atoms with E-state index in [4.69, 9.17) is 10.9 Å². The molecule has 1 rings (SSSR count). The summed E-state index contributed by atoms with van der Waals surface area (Å²) in [4.78, 5) is 13.2. The van der Waals surface area contributed by atoms with Crippen molar-refractivity contribution in [1.29, 1.82) is 0 Å². The summed E-state index contributed by atoms with van der Waals surface area (Å²) in [6, 6.07) is 6.53. The molecular weight excluding hydrogens is 284 g/mol. The normalized spacial score (nSPS) is 11.7. The van der Waals surface area contributed by atoms with Crippen LogP contribution in [0.1, 0.15) is 12.0 Å². The highest BCUT2D eigenvalue weighted by Crippen LogP contribution is 2.15. The lowest BCUT2D eigenvalue weighted by Gasteiger charge is -2.18. The summed E-state index contributed by atoms with van der Waals surface area (Å²) < 4.78 is 28.4. The number of hydrogen-bond donors (Lipinski definition) is 2. The highest BCUT2D eigenvalue weighted by Gasteiger charge is 2.12. The Bertz CT molecular complexity index is 509. The Hall–Kier alpha value is -2.22. The fourth-order valence-corrected chi connectivity index (χ4v) is 1.58. The molecule has 0 aliphatic rings. The molecule has 1 aromatic rings. The molecule has 0 saturated carbocycles. The van der Waals surface area contributed by atoms with Gasteiger partial charge in [-0.15, -0.1) is 0 Å². The monoisotopic (exact) mass is 301 g/mol. The second-order valence-corrected chi connectivity index (χ2v) is 4.20. The minimum Gasteiger partial charge on any atom is -0.409 e. The molecule has 0 unspecified atom stereocenters. The standard InChI is InChI=1S/C13H17F2N3O3/c1-18(12(19)5-6-21-8-11(14)15)10-4-2-3-9(7-10)13(16)17-20/h2-4,7,11,20H,5-6,8H2,1H3,(H2,16,17). The van der Waals surface area contributed by atoms with E-state index in [9.17, 15) is 13.6 Å². The van der Waals surface area contributed by atoms with Gasteiger partial charge in [0.05, 0.1) is 13.0 Å². The molecule has 21 heavy (non-hydrogen) atoms. The zero-order valence-corrected chi connectivity index (χ0v) is 11.5. The van der Waals surface area contributed by atoms with Gasteiger partial charge in [-0.05, 0) is 12.1 Å². The van der Waals surface area contributed by atoms with Gasteiger partial charge in [0.15, 0.2) is 5.84 Å². The summed E-state index contributed by atoms with van der Waals surface area (Å²) >= 11 is 0. The van der Waals surface area contributed by atoms with E-state index in [0.717, 1.165) is 0 Å². The van der Waals surface area contributed by atoms with Crippen LogP contribution in [0.3, 0.4) is 0 Å². The summed E-state index contributed by atoms with van der Waals surface area (Å²) in [5.74, 6) is -0.362. The zero-order chi connectivity index (χ0) is 15.8. The van der Waals surface area contributed by atoms with Crippen LogP contribution in [-0.2, 0) is 9.53 Å². The smallest absolute Gasteiger partial charge is 0.261 e. The SMILES string of the molecule is CN(C(=O)CCOCC(F)F)c1cccc(/C(N)=N/O)c1. The molecule has 6 nitrogen and oxygen atoms in total. The summed E-state index contributed by atoms with van der Waals surface area (Å²) in [5, 5.41) is 11.5. The highest BCUT2D eigenvalue weighted by atomic mass is 19.3. The number of hydrogen-bond acceptors (Lipinski definition) is 4. The molecule has 0 spiro atoms. The van der Waals surface area contributed by atoms with E-state index in [1.807, 2.05) is 0 Å². The quantitative estimate of drug-likeness (QED) is 0.262. The number of anilines is 1. The molecule has 0 atom stereocenters. The van der Waals surface area contributed by atoms with Gasteiger partial charge in [-0.3, -0.25) is 4.79 Å². The number of ether oxygens (including phenoxy) is 1. The van der Waals surface area contributed by atoms with E-state index >= 15 is 0 Å². The molecule has 0 heterocycles. The Kier molecular flexibility index (Phi) is 6.54. The van der Waals surface area contributed by atoms with Gasteiger partial charge in [0, 0.05) is 18.3 Å². The van der Waals surface area contributed by atoms with Crippen molar-refractivity contribution in [2.24, 2.45) is 10.9 Å². The molecule has 0 aliphatic heterocycles. The molecular formula is C13H17F2N3O3. The first-order valence-electron chi connectivity index (χ1n) is 6.16. The van der Waals surface area contributed by atoms with Crippen LogP contribution < -0.4 is 10.6 Å². The van der Waals surface area contributed by atoms with Crippen molar-refractivity contribution < 1.29 is 23.5 Å². The molecule has 0 aliphatic carbocycles. The Morgan fingerprint density at radius 2 is 2.24 bits per heavy atom. The van der Waals surface area contributed by atoms with Crippen molar-refractivity contribution in [3.05, 3.63) is 29.8 Å². The van der Waals surface area contributed by atoms with Crippen molar-refractivity contribution in [2.75, 3.05) is 25.2 Å². The third-order valence-electron chi connectivity index (χ3n) is 2.72. The van der Waals surface area contributed by atoms with Gasteiger partial charge < -0.3 is 20.6 Å². The molecule has 0 fully saturated rings. The number of nitrogens with zero attached hydrogens (tertiary/aromatic N) is 2. The van der Waals surface area contributed by atoms with Crippen LogP contribution in [0.15, 0.2) is 29.4 Å². The number of benzene rings is 1. The highest BCUT2D eigenvalue weighted by molar-refractivity contribution is 5.99. The minimum absolute atomic E-state index is 0.0168. The van der Waals surface area contributed by atoms with Gasteiger partial charge in [-0.25, -0.2) is 8.78 Å². The van der Waals surface area contributed by atoms with Crippen LogP contribution in [0.25, 0.3) is 0 Å². The van der Waals surface area contributed by atoms with Crippen LogP contribution in [0.4, 0.5) is 14.5 Å². The second-order valence-electron chi connectivity index (χ2n) is 4.20. The van der Waals surface area contributed by atoms with Crippen molar-refractivity contribution in [1.82, 2.24) is 0 Å². The van der Waals surface area contributed by atoms with E-state index < -0.39 is 13.0 Å². The molecule has 8 heteroatoms. The van der Waals surface area contributed by atoms with E-state index in [2.05, 4.69) is 9.89 Å². The molecule has 0 bridgehead atoms. The zero-order valence-electron chi connectivity index (χ0n) is 11.5. The average Bonchev–Trinajstić information content (AvgIpc) is 2.49. The van der Waals surface area contributed by atoms with Gasteiger partial charge in [0.1, 0.15) is 6.61 Å². The van der Waals surface area contributed by atoms with Crippen LogP contribution in [0.5, 0.6) is 0 Å². The summed E-state index contributed by atoms with van der Waals surface area (Å²) in [6.07, 6.45) is -2.56. The van der Waals surface area contributed by atoms with Crippen molar-refractivity contribution in [3.8, 4) is 0 Å². The topological polar surface area (TPSA) is 88.2 Å². The number of rotatable bonds is 7. The lowest BCUT2D eigenvalue weighted by atomic mass is 10.1. The number of carbonyl (C=O) groups excluding carboxylic acids is 1. The fourth-order valence-electron chi connectivity index (χ4n) is 1.58. The minimum atomic E-state index is -2.55. The predicted molar refractivity (Wildman–Crippen MR) is 73.8 cm³/mol. The predicted octanol–water partition coefficient (Wildman–Crippen LogP) is 1.42. The fraction of sp³-hybridized carbons (Fsp3) is 0.385. The number of amidine groups is 1. The van der Waals surface area contributed by atoms with Gasteiger partial charge in [0.2, 0.25) is 5.91 Å². The van der Waals surface area contributed by atoms with Gasteiger partial charge >= 0.3 is 0 Å². The van der Waals surface area contributed by atoms with Crippen molar-refractivity contribution in [2.45, 2.75) is 12.8 Å². The van der Waals surface area contributed by atoms with Crippen LogP contribution in [-0.4, -0.2) is 43.6 Å². The van der Waals surface area contributed by atoms with Gasteiger partial charge in [-0.2, -0.15) is 0 Å². The summed E-state index contributed by atoms with van der Waals surface area (Å²) in [5.41, 5.74) is 6.47. The number of amides is 1. The number of alkyl halides is 2. The summed E-state index contributed by atoms with van der Waals surface area (Å²) in [7, 11) is 1.54. The molecule has 0 saturated heterocycles. The maximum Gasteiger partial charge on any atom is 0.261 e. The number of oxime groups is 1. The van der Waals surface area contributed by atoms with Crippen molar-refractivity contribution >= 4 is 17.4 Å². The summed E-state index contributed by atoms with van der Waals surface area (Å²) in [6.45, 7) is -0.760. The third-order valence-corrected chi connectivity index (χ3v) is 2.72. The molecule has 1 amide bonds. The van der Waals surface area contributed by atoms with Gasteiger partial charge in [0.25, 0.3) is 6.43 Å². The van der Waals surface area contributed by atoms with E-state index in [-0.39, 0.29) is 24.8 Å². The number of nitrogens with two attached hydrogens (primary N) is 1. The Labute approximate surface area is 120 Å². The van der Waals surface area contributed by atoms with Gasteiger partial charge in [-0.1, -0.05) is 17.3 Å². The first kappa shape index (κ1) is 16.8. The lowest BCUT2D eigenvalue weighted by Crippen LogP contribution is -2.27. The largest absolute Gasteiger partial charge is 0.409 e. The van der Waals surface area contributed by atoms with Crippen LogP contribution in [0, 0.1) is 0 Å². The Morgan fingerprint density at radius 1 is 1.52 bits per heavy atom. The van der Waals surface area contributed by atoms with E-state index in [0.29, 0.717) is 11.3 Å². The van der Waals surface area contributed by atoms with Crippen LogP contribution in [0.2, 0.25) is 0 Å². The first-order chi connectivity index (χ1) is 9.95. The maximum absolute atomic E-state index is 11.9. The number of carbonyl (C=O) groups is 1. The van der Waals surface area contributed by atoms with E-state index in [1.54, 1.807) is 31.3 Å². The Balaban J connectivity index is 2.62. The average molecular weight is 301 g/mol. The first-order valence-corrected chi connectivity index (χ1v) is 6.16. The molecule has 3 N–H and O–H groups in total. The van der Waals surface area contributed by atoms with Crippen LogP contribution >= 0.6 is 0 Å². The second kappa shape index (κ2) is 8.15. The Morgan fingerprint density at radius 3 is 2.86 bits per heavy atom. The molecule has 116 valence electrons. The molecule has 0 radical (unpaired) electrons. The van der Waals surface area contributed by atoms with E-state index in [1.165, 1.54) is 4.90 Å². The number of halogens is 2.